The van der Waals surface area contributed by atoms with Crippen molar-refractivity contribution in [1.82, 2.24) is 0 Å². The van der Waals surface area contributed by atoms with Crippen LogP contribution in [0.25, 0.3) is 0 Å². The monoisotopic (exact) mass is 391 g/mol. The third kappa shape index (κ3) is 4.29. The third-order valence-electron chi connectivity index (χ3n) is 3.89. The lowest BCUT2D eigenvalue weighted by Crippen LogP contribution is -1.94. The predicted molar refractivity (Wildman–Crippen MR) is 101 cm³/mol. The third-order valence-corrected chi connectivity index (χ3v) is 4.35. The molecule has 0 aliphatic rings. The van der Waals surface area contributed by atoms with Gasteiger partial charge in [-0.15, -0.1) is 0 Å². The molecule has 128 valence electrons. The number of hydrogen-bond donors (Lipinski definition) is 2. The van der Waals surface area contributed by atoms with Crippen LogP contribution in [0.3, 0.4) is 0 Å². The van der Waals surface area contributed by atoms with Gasteiger partial charge in [0.15, 0.2) is 11.5 Å². The molecular formula is C19H22BrNO3. The predicted octanol–water partition coefficient (Wildman–Crippen LogP) is 5.52. The van der Waals surface area contributed by atoms with Gasteiger partial charge in [-0.3, -0.25) is 4.99 Å². The zero-order valence-corrected chi connectivity index (χ0v) is 15.7. The molecule has 0 aliphatic heterocycles. The molecule has 4 nitrogen and oxygen atoms in total. The molecular weight excluding hydrogens is 370 g/mol. The lowest BCUT2D eigenvalue weighted by atomic mass is 9.98. The van der Waals surface area contributed by atoms with Gasteiger partial charge in [0, 0.05) is 16.3 Å². The highest BCUT2D eigenvalue weighted by Crippen LogP contribution is 2.35. The maximum atomic E-state index is 10.3. The summed E-state index contributed by atoms with van der Waals surface area (Å²) < 4.78 is 6.19. The molecule has 2 aromatic carbocycles. The average molecular weight is 392 g/mol. The summed E-state index contributed by atoms with van der Waals surface area (Å²) in [6.07, 6.45) is 2.54. The summed E-state index contributed by atoms with van der Waals surface area (Å²) in [6, 6.07) is 8.89. The van der Waals surface area contributed by atoms with Gasteiger partial charge >= 0.3 is 0 Å². The molecule has 1 atom stereocenters. The fourth-order valence-corrected chi connectivity index (χ4v) is 2.74. The quantitative estimate of drug-likeness (QED) is 0.636. The molecule has 0 radical (unpaired) electrons. The van der Waals surface area contributed by atoms with Crippen LogP contribution < -0.4 is 4.74 Å². The van der Waals surface area contributed by atoms with E-state index in [4.69, 9.17) is 4.74 Å². The van der Waals surface area contributed by atoms with Gasteiger partial charge in [0.2, 0.25) is 0 Å². The minimum Gasteiger partial charge on any atom is -0.506 e. The fourth-order valence-electron chi connectivity index (χ4n) is 2.28. The summed E-state index contributed by atoms with van der Waals surface area (Å²) in [5.74, 6) is 0.925. The molecule has 2 rings (SSSR count). The summed E-state index contributed by atoms with van der Waals surface area (Å²) in [5.41, 5.74) is 2.11. The summed E-state index contributed by atoms with van der Waals surface area (Å²) in [5, 5.41) is 20.3. The van der Waals surface area contributed by atoms with Crippen LogP contribution in [-0.2, 0) is 0 Å². The molecule has 2 N–H and O–H groups in total. The zero-order chi connectivity index (χ0) is 17.7. The number of ether oxygens (including phenoxy) is 1. The number of rotatable bonds is 6. The smallest absolute Gasteiger partial charge is 0.166 e. The Bertz CT molecular complexity index is 744. The SMILES string of the molecule is CCOc1cc(Br)cc(C=Nc2cc(C(C)CC)ccc2O)c1O. The van der Waals surface area contributed by atoms with Crippen molar-refractivity contribution in [3.05, 3.63) is 45.9 Å². The second-order valence-corrected chi connectivity index (χ2v) is 6.51. The minimum atomic E-state index is 0.0290. The Morgan fingerprint density at radius 3 is 2.62 bits per heavy atom. The van der Waals surface area contributed by atoms with E-state index in [1.54, 1.807) is 18.2 Å². The van der Waals surface area contributed by atoms with Crippen molar-refractivity contribution in [1.29, 1.82) is 0 Å². The second kappa shape index (κ2) is 8.20. The Balaban J connectivity index is 2.37. The average Bonchev–Trinajstić information content (AvgIpc) is 2.57. The van der Waals surface area contributed by atoms with Crippen LogP contribution in [0.15, 0.2) is 39.8 Å². The molecule has 0 bridgehead atoms. The number of benzene rings is 2. The Kier molecular flexibility index (Phi) is 6.26. The number of phenolic OH excluding ortho intramolecular Hbond substituents is 2. The largest absolute Gasteiger partial charge is 0.506 e. The van der Waals surface area contributed by atoms with E-state index in [1.807, 2.05) is 19.1 Å². The normalized spacial score (nSPS) is 12.5. The number of halogens is 1. The first-order valence-corrected chi connectivity index (χ1v) is 8.77. The van der Waals surface area contributed by atoms with Crippen LogP contribution in [0.5, 0.6) is 17.2 Å². The van der Waals surface area contributed by atoms with Crippen molar-refractivity contribution in [3.63, 3.8) is 0 Å². The van der Waals surface area contributed by atoms with Gasteiger partial charge in [-0.2, -0.15) is 0 Å². The number of aromatic hydroxyl groups is 2. The minimum absolute atomic E-state index is 0.0290. The van der Waals surface area contributed by atoms with Gasteiger partial charge < -0.3 is 14.9 Å². The maximum absolute atomic E-state index is 10.3. The number of phenols is 2. The van der Waals surface area contributed by atoms with E-state index in [2.05, 4.69) is 34.8 Å². The van der Waals surface area contributed by atoms with Crippen LogP contribution in [0, 0.1) is 0 Å². The van der Waals surface area contributed by atoms with Crippen LogP contribution in [-0.4, -0.2) is 23.0 Å². The standard InChI is InChI=1S/C19H22BrNO3/c1-4-12(3)13-6-7-17(22)16(9-13)21-11-14-8-15(20)10-18(19(14)23)24-5-2/h6-12,22-23H,4-5H2,1-3H3. The number of nitrogens with zero attached hydrogens (tertiary/aromatic N) is 1. The molecule has 2 aromatic rings. The van der Waals surface area contributed by atoms with Gasteiger partial charge in [-0.25, -0.2) is 0 Å². The van der Waals surface area contributed by atoms with Crippen molar-refractivity contribution < 1.29 is 14.9 Å². The summed E-state index contributed by atoms with van der Waals surface area (Å²) >= 11 is 3.40. The highest BCUT2D eigenvalue weighted by molar-refractivity contribution is 9.10. The highest BCUT2D eigenvalue weighted by Gasteiger charge is 2.10. The fraction of sp³-hybridized carbons (Fsp3) is 0.316. The van der Waals surface area contributed by atoms with Gasteiger partial charge in [0.05, 0.1) is 6.61 Å². The van der Waals surface area contributed by atoms with E-state index in [9.17, 15) is 10.2 Å². The topological polar surface area (TPSA) is 62.0 Å². The molecule has 0 fully saturated rings. The van der Waals surface area contributed by atoms with Crippen molar-refractivity contribution in [2.75, 3.05) is 6.61 Å². The molecule has 0 amide bonds. The van der Waals surface area contributed by atoms with Gasteiger partial charge in [0.25, 0.3) is 0 Å². The van der Waals surface area contributed by atoms with Gasteiger partial charge in [-0.1, -0.05) is 35.8 Å². The van der Waals surface area contributed by atoms with E-state index in [0.29, 0.717) is 29.5 Å². The van der Waals surface area contributed by atoms with Gasteiger partial charge in [0.1, 0.15) is 11.4 Å². The zero-order valence-electron chi connectivity index (χ0n) is 14.1. The Morgan fingerprint density at radius 2 is 1.96 bits per heavy atom. The molecule has 5 heteroatoms. The van der Waals surface area contributed by atoms with Crippen molar-refractivity contribution in [2.45, 2.75) is 33.1 Å². The van der Waals surface area contributed by atoms with Crippen LogP contribution in [0.1, 0.15) is 44.2 Å². The first-order valence-electron chi connectivity index (χ1n) is 7.98. The Labute approximate surface area is 151 Å². The summed E-state index contributed by atoms with van der Waals surface area (Å²) in [4.78, 5) is 4.35. The maximum Gasteiger partial charge on any atom is 0.166 e. The van der Waals surface area contributed by atoms with E-state index in [0.717, 1.165) is 16.5 Å². The summed E-state index contributed by atoms with van der Waals surface area (Å²) in [6.45, 7) is 6.56. The molecule has 0 aliphatic carbocycles. The second-order valence-electron chi connectivity index (χ2n) is 5.59. The Morgan fingerprint density at radius 1 is 1.21 bits per heavy atom. The first-order chi connectivity index (χ1) is 11.5. The number of aliphatic imine (C=N–C) groups is 1. The van der Waals surface area contributed by atoms with Crippen LogP contribution >= 0.6 is 15.9 Å². The Hall–Kier alpha value is -2.01. The molecule has 0 saturated heterocycles. The van der Waals surface area contributed by atoms with Crippen molar-refractivity contribution in [2.24, 2.45) is 4.99 Å². The lowest BCUT2D eigenvalue weighted by molar-refractivity contribution is 0.317. The molecule has 0 saturated carbocycles. The van der Waals surface area contributed by atoms with Crippen LogP contribution in [0.2, 0.25) is 0 Å². The molecule has 24 heavy (non-hydrogen) atoms. The first kappa shape index (κ1) is 18.3. The summed E-state index contributed by atoms with van der Waals surface area (Å²) in [7, 11) is 0. The van der Waals surface area contributed by atoms with Gasteiger partial charge in [-0.05, 0) is 49.1 Å². The molecule has 1 unspecified atom stereocenters. The van der Waals surface area contributed by atoms with Crippen LogP contribution in [0.4, 0.5) is 5.69 Å². The molecule has 0 aromatic heterocycles. The van der Waals surface area contributed by atoms with Crippen molar-refractivity contribution in [3.8, 4) is 17.2 Å². The lowest BCUT2D eigenvalue weighted by Gasteiger charge is -2.11. The highest BCUT2D eigenvalue weighted by atomic mass is 79.9. The van der Waals surface area contributed by atoms with E-state index >= 15 is 0 Å². The number of hydrogen-bond acceptors (Lipinski definition) is 4. The molecule has 0 spiro atoms. The van der Waals surface area contributed by atoms with E-state index < -0.39 is 0 Å². The van der Waals surface area contributed by atoms with E-state index in [-0.39, 0.29) is 11.5 Å². The van der Waals surface area contributed by atoms with E-state index in [1.165, 1.54) is 6.21 Å². The molecule has 0 heterocycles. The van der Waals surface area contributed by atoms with Crippen molar-refractivity contribution >= 4 is 27.8 Å².